The molecule has 0 spiro atoms. The molecule has 0 aliphatic carbocycles. The Morgan fingerprint density at radius 3 is 0.957 bits per heavy atom. The molecular formula is C20H19Br2P. The summed E-state index contributed by atoms with van der Waals surface area (Å²) in [7, 11) is -0.446. The lowest BCUT2D eigenvalue weighted by Gasteiger charge is -2.18. The van der Waals surface area contributed by atoms with E-state index in [0.29, 0.717) is 0 Å². The van der Waals surface area contributed by atoms with Gasteiger partial charge in [-0.3, -0.25) is 0 Å². The molecule has 118 valence electrons. The van der Waals surface area contributed by atoms with Crippen LogP contribution in [0.1, 0.15) is 0 Å². The maximum atomic E-state index is 3.20. The van der Waals surface area contributed by atoms with E-state index in [1.165, 1.54) is 15.9 Å². The fraction of sp³-hybridized carbons (Fsp3) is 0.100. The van der Waals surface area contributed by atoms with E-state index in [-0.39, 0.29) is 0 Å². The van der Waals surface area contributed by atoms with Crippen LogP contribution in [0.3, 0.4) is 0 Å². The Kier molecular flexibility index (Phi) is 8.60. The van der Waals surface area contributed by atoms with Gasteiger partial charge in [0.1, 0.15) is 0 Å². The van der Waals surface area contributed by atoms with Crippen LogP contribution in [-0.2, 0) is 0 Å². The van der Waals surface area contributed by atoms with Crippen LogP contribution in [0.5, 0.6) is 0 Å². The van der Waals surface area contributed by atoms with Gasteiger partial charge in [0.25, 0.3) is 0 Å². The lowest BCUT2D eigenvalue weighted by atomic mass is 10.4. The molecule has 23 heavy (non-hydrogen) atoms. The molecule has 0 atom stereocenters. The summed E-state index contributed by atoms with van der Waals surface area (Å²) in [6.07, 6.45) is 0. The first-order chi connectivity index (χ1) is 11.4. The van der Waals surface area contributed by atoms with Gasteiger partial charge in [-0.05, 0) is 23.8 Å². The second kappa shape index (κ2) is 10.8. The van der Waals surface area contributed by atoms with Crippen molar-refractivity contribution >= 4 is 55.7 Å². The fourth-order valence-corrected chi connectivity index (χ4v) is 4.48. The van der Waals surface area contributed by atoms with Crippen molar-refractivity contribution in [2.75, 3.05) is 10.7 Å². The van der Waals surface area contributed by atoms with Crippen molar-refractivity contribution in [2.45, 2.75) is 0 Å². The molecule has 0 amide bonds. The van der Waals surface area contributed by atoms with E-state index in [4.69, 9.17) is 0 Å². The molecule has 0 N–H and O–H groups in total. The Bertz CT molecular complexity index is 561. The third-order valence-electron chi connectivity index (χ3n) is 3.11. The second-order valence-corrected chi connectivity index (χ2v) is 8.53. The topological polar surface area (TPSA) is 0 Å². The molecule has 3 aromatic rings. The largest absolute Gasteiger partial charge is 0.0919 e. The van der Waals surface area contributed by atoms with Crippen LogP contribution < -0.4 is 15.9 Å². The molecule has 0 saturated heterocycles. The van der Waals surface area contributed by atoms with Gasteiger partial charge in [-0.15, -0.1) is 0 Å². The smallest absolute Gasteiger partial charge is 0.0129 e. The Labute approximate surface area is 157 Å². The number of rotatable bonds is 4. The Morgan fingerprint density at radius 1 is 0.478 bits per heavy atom. The number of halogens is 2. The predicted molar refractivity (Wildman–Crippen MR) is 113 cm³/mol. The summed E-state index contributed by atoms with van der Waals surface area (Å²) in [6.45, 7) is 0. The van der Waals surface area contributed by atoms with E-state index in [1.807, 2.05) is 0 Å². The molecule has 0 fully saturated rings. The minimum atomic E-state index is -0.446. The Morgan fingerprint density at radius 2 is 0.739 bits per heavy atom. The zero-order valence-electron chi connectivity index (χ0n) is 12.8. The quantitative estimate of drug-likeness (QED) is 0.378. The molecule has 0 saturated carbocycles. The molecular weight excluding hydrogens is 431 g/mol. The van der Waals surface area contributed by atoms with Crippen molar-refractivity contribution in [2.24, 2.45) is 0 Å². The van der Waals surface area contributed by atoms with E-state index in [9.17, 15) is 0 Å². The average molecular weight is 450 g/mol. The minimum Gasteiger partial charge on any atom is -0.0919 e. The highest BCUT2D eigenvalue weighted by Crippen LogP contribution is 2.32. The maximum Gasteiger partial charge on any atom is 0.0129 e. The van der Waals surface area contributed by atoms with Gasteiger partial charge < -0.3 is 0 Å². The molecule has 0 bridgehead atoms. The third kappa shape index (κ3) is 5.88. The van der Waals surface area contributed by atoms with Crippen molar-refractivity contribution in [3.8, 4) is 0 Å². The minimum absolute atomic E-state index is 0.446. The highest BCUT2D eigenvalue weighted by atomic mass is 79.9. The molecule has 3 aromatic carbocycles. The van der Waals surface area contributed by atoms with Gasteiger partial charge in [-0.25, -0.2) is 0 Å². The lowest BCUT2D eigenvalue weighted by Crippen LogP contribution is -2.20. The van der Waals surface area contributed by atoms with Crippen LogP contribution in [-0.4, -0.2) is 10.7 Å². The molecule has 3 rings (SSSR count). The average Bonchev–Trinajstić information content (AvgIpc) is 2.65. The van der Waals surface area contributed by atoms with E-state index in [1.54, 1.807) is 0 Å². The SMILES string of the molecule is BrCCBr.c1ccc(P(c2ccccc2)c2ccccc2)cc1. The van der Waals surface area contributed by atoms with E-state index >= 15 is 0 Å². The summed E-state index contributed by atoms with van der Waals surface area (Å²) in [6, 6.07) is 32.3. The standard InChI is InChI=1S/C18H15P.C2H4Br2/c1-4-10-16(11-5-1)19(17-12-6-2-7-13-17)18-14-8-3-9-15-18;3-1-2-4/h1-15H;1-2H2. The van der Waals surface area contributed by atoms with Gasteiger partial charge in [-0.1, -0.05) is 123 Å². The number of alkyl halides is 2. The molecule has 3 heteroatoms. The first-order valence-corrected chi connectivity index (χ1v) is 11.0. The Balaban J connectivity index is 0.000000433. The third-order valence-corrected chi connectivity index (χ3v) is 7.42. The first kappa shape index (κ1) is 18.4. The zero-order chi connectivity index (χ0) is 16.3. The molecule has 0 heterocycles. The van der Waals surface area contributed by atoms with Gasteiger partial charge >= 0.3 is 0 Å². The summed E-state index contributed by atoms with van der Waals surface area (Å²) in [4.78, 5) is 0. The van der Waals surface area contributed by atoms with Crippen LogP contribution in [0, 0.1) is 0 Å². The van der Waals surface area contributed by atoms with Crippen molar-refractivity contribution in [1.82, 2.24) is 0 Å². The molecule has 0 aromatic heterocycles. The Hall–Kier alpha value is -0.950. The predicted octanol–water partition coefficient (Wildman–Crippen LogP) is 5.22. The molecule has 0 nitrogen and oxygen atoms in total. The number of hydrogen-bond donors (Lipinski definition) is 0. The molecule has 0 unspecified atom stereocenters. The van der Waals surface area contributed by atoms with Gasteiger partial charge in [0.2, 0.25) is 0 Å². The van der Waals surface area contributed by atoms with Crippen LogP contribution >= 0.6 is 39.8 Å². The van der Waals surface area contributed by atoms with Crippen molar-refractivity contribution in [3.05, 3.63) is 91.0 Å². The summed E-state index contributed by atoms with van der Waals surface area (Å²) in [5.74, 6) is 0. The lowest BCUT2D eigenvalue weighted by molar-refractivity contribution is 1.62. The number of hydrogen-bond acceptors (Lipinski definition) is 0. The highest BCUT2D eigenvalue weighted by molar-refractivity contribution is 9.11. The molecule has 0 aliphatic rings. The van der Waals surface area contributed by atoms with Crippen LogP contribution in [0.15, 0.2) is 91.0 Å². The fourth-order valence-electron chi connectivity index (χ4n) is 2.18. The van der Waals surface area contributed by atoms with Gasteiger partial charge in [0, 0.05) is 10.7 Å². The first-order valence-electron chi connectivity index (χ1n) is 7.44. The number of benzene rings is 3. The van der Waals surface area contributed by atoms with E-state index in [2.05, 4.69) is 123 Å². The van der Waals surface area contributed by atoms with Crippen LogP contribution in [0.4, 0.5) is 0 Å². The van der Waals surface area contributed by atoms with Crippen molar-refractivity contribution < 1.29 is 0 Å². The van der Waals surface area contributed by atoms with E-state index < -0.39 is 7.92 Å². The summed E-state index contributed by atoms with van der Waals surface area (Å²) >= 11 is 6.40. The summed E-state index contributed by atoms with van der Waals surface area (Å²) in [5.41, 5.74) is 0. The van der Waals surface area contributed by atoms with Gasteiger partial charge in [0.15, 0.2) is 0 Å². The van der Waals surface area contributed by atoms with Crippen LogP contribution in [0.25, 0.3) is 0 Å². The van der Waals surface area contributed by atoms with Gasteiger partial charge in [-0.2, -0.15) is 0 Å². The second-order valence-electron chi connectivity index (χ2n) is 4.72. The molecule has 0 radical (unpaired) electrons. The van der Waals surface area contributed by atoms with Crippen LogP contribution in [0.2, 0.25) is 0 Å². The van der Waals surface area contributed by atoms with Gasteiger partial charge in [0.05, 0.1) is 0 Å². The normalized spacial score (nSPS) is 10.0. The highest BCUT2D eigenvalue weighted by Gasteiger charge is 2.14. The van der Waals surface area contributed by atoms with Crippen molar-refractivity contribution in [3.63, 3.8) is 0 Å². The zero-order valence-corrected chi connectivity index (χ0v) is 16.8. The monoisotopic (exact) mass is 448 g/mol. The van der Waals surface area contributed by atoms with Crippen molar-refractivity contribution in [1.29, 1.82) is 0 Å². The summed E-state index contributed by atoms with van der Waals surface area (Å²) in [5, 5.41) is 6.29. The summed E-state index contributed by atoms with van der Waals surface area (Å²) < 4.78 is 0. The maximum absolute atomic E-state index is 3.20. The molecule has 0 aliphatic heterocycles. The van der Waals surface area contributed by atoms with E-state index in [0.717, 1.165) is 10.7 Å².